The zero-order chi connectivity index (χ0) is 13.7. The number of hydrogen-bond acceptors (Lipinski definition) is 3. The third-order valence-corrected chi connectivity index (χ3v) is 3.12. The molecule has 2 rings (SSSR count). The van der Waals surface area contributed by atoms with E-state index in [1.165, 1.54) is 0 Å². The molecule has 0 saturated heterocycles. The minimum Gasteiger partial charge on any atom is -0.508 e. The van der Waals surface area contributed by atoms with Gasteiger partial charge in [0.2, 0.25) is 0 Å². The summed E-state index contributed by atoms with van der Waals surface area (Å²) in [6.07, 6.45) is 0.0857. The second-order valence-electron chi connectivity index (χ2n) is 4.53. The largest absolute Gasteiger partial charge is 0.508 e. The van der Waals surface area contributed by atoms with E-state index in [1.54, 1.807) is 19.2 Å². The van der Waals surface area contributed by atoms with E-state index < -0.39 is 0 Å². The molecule has 2 N–H and O–H groups in total. The number of benzene rings is 2. The van der Waals surface area contributed by atoms with Gasteiger partial charge in [-0.25, -0.2) is 0 Å². The predicted octanol–water partition coefficient (Wildman–Crippen LogP) is 3.71. The molecule has 0 aliphatic rings. The third kappa shape index (κ3) is 3.73. The fourth-order valence-electron chi connectivity index (χ4n) is 1.91. The lowest BCUT2D eigenvalue weighted by Gasteiger charge is -2.12. The quantitative estimate of drug-likeness (QED) is 0.858. The van der Waals surface area contributed by atoms with Gasteiger partial charge in [0.15, 0.2) is 0 Å². The second-order valence-corrected chi connectivity index (χ2v) is 4.53. The van der Waals surface area contributed by atoms with Gasteiger partial charge in [-0.05, 0) is 42.3 Å². The van der Waals surface area contributed by atoms with Crippen molar-refractivity contribution < 1.29 is 9.84 Å². The maximum atomic E-state index is 9.41. The van der Waals surface area contributed by atoms with Crippen LogP contribution in [-0.2, 0) is 11.3 Å². The minimum absolute atomic E-state index is 0.0857. The van der Waals surface area contributed by atoms with E-state index in [9.17, 15) is 5.11 Å². The van der Waals surface area contributed by atoms with Crippen molar-refractivity contribution >= 4 is 5.69 Å². The summed E-state index contributed by atoms with van der Waals surface area (Å²) in [6, 6.07) is 15.4. The summed E-state index contributed by atoms with van der Waals surface area (Å²) in [6.45, 7) is 2.70. The fourth-order valence-corrected chi connectivity index (χ4v) is 1.91. The Morgan fingerprint density at radius 2 is 1.95 bits per heavy atom. The topological polar surface area (TPSA) is 41.5 Å². The molecule has 0 unspecified atom stereocenters. The molecule has 0 saturated carbocycles. The predicted molar refractivity (Wildman–Crippen MR) is 77.3 cm³/mol. The van der Waals surface area contributed by atoms with Crippen molar-refractivity contribution in [1.29, 1.82) is 0 Å². The van der Waals surface area contributed by atoms with Gasteiger partial charge in [-0.3, -0.25) is 0 Å². The number of rotatable bonds is 5. The molecule has 0 fully saturated rings. The van der Waals surface area contributed by atoms with Crippen LogP contribution in [0.25, 0.3) is 0 Å². The van der Waals surface area contributed by atoms with Crippen molar-refractivity contribution in [2.75, 3.05) is 12.4 Å². The van der Waals surface area contributed by atoms with Crippen molar-refractivity contribution in [2.24, 2.45) is 0 Å². The molecule has 0 amide bonds. The average Bonchev–Trinajstić information content (AvgIpc) is 2.45. The molecule has 2 aromatic rings. The van der Waals surface area contributed by atoms with Gasteiger partial charge in [-0.15, -0.1) is 0 Å². The lowest BCUT2D eigenvalue weighted by Crippen LogP contribution is -2.01. The second kappa shape index (κ2) is 6.25. The van der Waals surface area contributed by atoms with Crippen molar-refractivity contribution in [2.45, 2.75) is 19.6 Å². The number of phenols is 1. The van der Waals surface area contributed by atoms with Crippen LogP contribution < -0.4 is 5.32 Å². The summed E-state index contributed by atoms with van der Waals surface area (Å²) in [5.41, 5.74) is 3.23. The van der Waals surface area contributed by atoms with Crippen LogP contribution in [0.3, 0.4) is 0 Å². The molecule has 0 radical (unpaired) electrons. The molecule has 0 bridgehead atoms. The number of phenolic OH excluding ortho intramolecular Hbond substituents is 1. The molecule has 100 valence electrons. The van der Waals surface area contributed by atoms with Gasteiger partial charge in [0, 0.05) is 19.3 Å². The Hall–Kier alpha value is -2.00. The van der Waals surface area contributed by atoms with E-state index in [1.807, 2.05) is 37.3 Å². The summed E-state index contributed by atoms with van der Waals surface area (Å²) in [7, 11) is 1.71. The molecular formula is C16H19NO2. The Balaban J connectivity index is 2.03. The molecule has 2 aromatic carbocycles. The third-order valence-electron chi connectivity index (χ3n) is 3.12. The summed E-state index contributed by atoms with van der Waals surface area (Å²) < 4.78 is 5.31. The van der Waals surface area contributed by atoms with E-state index in [0.717, 1.165) is 16.8 Å². The highest BCUT2D eigenvalue weighted by atomic mass is 16.5. The lowest BCUT2D eigenvalue weighted by atomic mass is 10.1. The summed E-state index contributed by atoms with van der Waals surface area (Å²) in [5.74, 6) is 0.293. The normalized spacial score (nSPS) is 12.1. The number of ether oxygens (including phenoxy) is 1. The van der Waals surface area contributed by atoms with Gasteiger partial charge in [0.1, 0.15) is 5.75 Å². The van der Waals surface area contributed by atoms with Gasteiger partial charge in [0.05, 0.1) is 6.10 Å². The van der Waals surface area contributed by atoms with Crippen molar-refractivity contribution in [3.05, 3.63) is 59.7 Å². The maximum Gasteiger partial charge on any atom is 0.115 e. The smallest absolute Gasteiger partial charge is 0.115 e. The van der Waals surface area contributed by atoms with E-state index in [0.29, 0.717) is 12.3 Å². The Morgan fingerprint density at radius 1 is 1.16 bits per heavy atom. The number of anilines is 1. The molecular weight excluding hydrogens is 238 g/mol. The van der Waals surface area contributed by atoms with Gasteiger partial charge in [-0.1, -0.05) is 24.3 Å². The maximum absolute atomic E-state index is 9.41. The van der Waals surface area contributed by atoms with Gasteiger partial charge in [-0.2, -0.15) is 0 Å². The first-order valence-corrected chi connectivity index (χ1v) is 6.33. The number of methoxy groups -OCH3 is 1. The first kappa shape index (κ1) is 13.4. The Kier molecular flexibility index (Phi) is 4.42. The molecule has 0 aromatic heterocycles. The van der Waals surface area contributed by atoms with Crippen LogP contribution in [0.15, 0.2) is 48.5 Å². The Labute approximate surface area is 113 Å². The molecule has 19 heavy (non-hydrogen) atoms. The van der Waals surface area contributed by atoms with Crippen LogP contribution in [0.4, 0.5) is 5.69 Å². The summed E-state index contributed by atoms with van der Waals surface area (Å²) in [5, 5.41) is 12.8. The highest BCUT2D eigenvalue weighted by Gasteiger charge is 2.04. The molecule has 3 nitrogen and oxygen atoms in total. The number of hydrogen-bond donors (Lipinski definition) is 2. The summed E-state index contributed by atoms with van der Waals surface area (Å²) >= 11 is 0. The van der Waals surface area contributed by atoms with Crippen LogP contribution in [0.1, 0.15) is 24.2 Å². The van der Waals surface area contributed by atoms with Crippen molar-refractivity contribution in [3.8, 4) is 5.75 Å². The Bertz CT molecular complexity index is 540. The van der Waals surface area contributed by atoms with E-state index >= 15 is 0 Å². The molecule has 1 atom stereocenters. The Morgan fingerprint density at radius 3 is 2.68 bits per heavy atom. The zero-order valence-electron chi connectivity index (χ0n) is 11.3. The molecule has 0 heterocycles. The van der Waals surface area contributed by atoms with Crippen LogP contribution in [0.5, 0.6) is 5.75 Å². The SMILES string of the molecule is CO[C@H](C)c1cccc(NCc2cccc(O)c2)c1. The minimum atomic E-state index is 0.0857. The molecule has 0 aliphatic heterocycles. The molecule has 0 aliphatic carbocycles. The van der Waals surface area contributed by atoms with Gasteiger partial charge < -0.3 is 15.2 Å². The van der Waals surface area contributed by atoms with E-state index in [4.69, 9.17) is 4.74 Å². The first-order valence-electron chi connectivity index (χ1n) is 6.33. The molecule has 3 heteroatoms. The van der Waals surface area contributed by atoms with Gasteiger partial charge in [0.25, 0.3) is 0 Å². The van der Waals surface area contributed by atoms with E-state index in [2.05, 4.69) is 11.4 Å². The monoisotopic (exact) mass is 257 g/mol. The number of aromatic hydroxyl groups is 1. The zero-order valence-corrected chi connectivity index (χ0v) is 11.3. The van der Waals surface area contributed by atoms with Crippen LogP contribution in [0, 0.1) is 0 Å². The fraction of sp³-hybridized carbons (Fsp3) is 0.250. The lowest BCUT2D eigenvalue weighted by molar-refractivity contribution is 0.119. The first-order chi connectivity index (χ1) is 9.19. The standard InChI is InChI=1S/C16H19NO2/c1-12(19-2)14-6-4-7-15(10-14)17-11-13-5-3-8-16(18)9-13/h3-10,12,17-18H,11H2,1-2H3/t12-/m1/s1. The van der Waals surface area contributed by atoms with Gasteiger partial charge >= 0.3 is 0 Å². The highest BCUT2D eigenvalue weighted by molar-refractivity contribution is 5.47. The van der Waals surface area contributed by atoms with Crippen LogP contribution >= 0.6 is 0 Å². The molecule has 0 spiro atoms. The van der Waals surface area contributed by atoms with Crippen LogP contribution in [0.2, 0.25) is 0 Å². The number of nitrogens with one attached hydrogen (secondary N) is 1. The van der Waals surface area contributed by atoms with Crippen LogP contribution in [-0.4, -0.2) is 12.2 Å². The average molecular weight is 257 g/mol. The highest BCUT2D eigenvalue weighted by Crippen LogP contribution is 2.20. The van der Waals surface area contributed by atoms with Crippen molar-refractivity contribution in [1.82, 2.24) is 0 Å². The van der Waals surface area contributed by atoms with E-state index in [-0.39, 0.29) is 6.10 Å². The summed E-state index contributed by atoms with van der Waals surface area (Å²) in [4.78, 5) is 0. The van der Waals surface area contributed by atoms with Crippen molar-refractivity contribution in [3.63, 3.8) is 0 Å².